The largest absolute Gasteiger partial charge is 0.480 e. The SMILES string of the molecule is CSCCC(NC(=O)C(CCCN=C(N)N)NC(=O)C(N)CCCN=C(N)N)C(=O)NC(CCCN=C(N)N)C(=O)O. The van der Waals surface area contributed by atoms with Crippen LogP contribution in [0.3, 0.4) is 0 Å². The molecule has 42 heavy (non-hydrogen) atoms. The van der Waals surface area contributed by atoms with Crippen molar-refractivity contribution in [2.45, 2.75) is 69.1 Å². The zero-order valence-corrected chi connectivity index (χ0v) is 24.8. The number of amides is 3. The van der Waals surface area contributed by atoms with E-state index >= 15 is 0 Å². The van der Waals surface area contributed by atoms with E-state index in [4.69, 9.17) is 40.1 Å². The topological polar surface area (TPSA) is 344 Å². The van der Waals surface area contributed by atoms with Crippen LogP contribution in [0.4, 0.5) is 0 Å². The van der Waals surface area contributed by atoms with Gasteiger partial charge in [-0.2, -0.15) is 11.8 Å². The van der Waals surface area contributed by atoms with Gasteiger partial charge >= 0.3 is 5.97 Å². The Morgan fingerprint density at radius 1 is 0.643 bits per heavy atom. The van der Waals surface area contributed by atoms with Crippen LogP contribution in [-0.2, 0) is 19.2 Å². The summed E-state index contributed by atoms with van der Waals surface area (Å²) in [6.45, 7) is 0.666. The molecule has 0 saturated carbocycles. The number of aliphatic carboxylic acids is 1. The van der Waals surface area contributed by atoms with Crippen LogP contribution in [0.15, 0.2) is 15.0 Å². The van der Waals surface area contributed by atoms with Crippen molar-refractivity contribution in [3.8, 4) is 0 Å². The van der Waals surface area contributed by atoms with Crippen LogP contribution >= 0.6 is 11.8 Å². The van der Waals surface area contributed by atoms with Gasteiger partial charge in [0.2, 0.25) is 17.7 Å². The lowest BCUT2D eigenvalue weighted by molar-refractivity contribution is -0.142. The highest BCUT2D eigenvalue weighted by molar-refractivity contribution is 7.98. The molecule has 3 amide bonds. The minimum absolute atomic E-state index is 0.0611. The summed E-state index contributed by atoms with van der Waals surface area (Å²) in [5.41, 5.74) is 37.8. The van der Waals surface area contributed by atoms with E-state index in [0.29, 0.717) is 25.0 Å². The number of carbonyl (C=O) groups excluding carboxylic acids is 3. The van der Waals surface area contributed by atoms with Crippen molar-refractivity contribution in [1.29, 1.82) is 0 Å². The molecule has 0 aromatic carbocycles. The number of carboxylic acids is 1. The van der Waals surface area contributed by atoms with E-state index in [2.05, 4.69) is 30.9 Å². The molecule has 18 N–H and O–H groups in total. The van der Waals surface area contributed by atoms with Crippen molar-refractivity contribution in [2.75, 3.05) is 31.6 Å². The smallest absolute Gasteiger partial charge is 0.326 e. The third-order valence-electron chi connectivity index (χ3n) is 5.69. The van der Waals surface area contributed by atoms with Gasteiger partial charge in [0.1, 0.15) is 18.1 Å². The molecule has 0 spiro atoms. The molecule has 0 heterocycles. The minimum Gasteiger partial charge on any atom is -0.480 e. The van der Waals surface area contributed by atoms with E-state index in [1.54, 1.807) is 0 Å². The van der Waals surface area contributed by atoms with Gasteiger partial charge < -0.3 is 61.2 Å². The first-order valence-corrected chi connectivity index (χ1v) is 14.7. The monoisotopic (exact) mass is 617 g/mol. The molecule has 0 aromatic rings. The van der Waals surface area contributed by atoms with Crippen LogP contribution < -0.4 is 56.1 Å². The lowest BCUT2D eigenvalue weighted by Gasteiger charge is -2.25. The van der Waals surface area contributed by atoms with Crippen molar-refractivity contribution in [3.05, 3.63) is 0 Å². The van der Waals surface area contributed by atoms with E-state index in [9.17, 15) is 24.3 Å². The second-order valence-electron chi connectivity index (χ2n) is 9.26. The predicted octanol–water partition coefficient (Wildman–Crippen LogP) is -4.23. The normalized spacial score (nSPS) is 13.4. The Hall–Kier alpha value is -4.00. The summed E-state index contributed by atoms with van der Waals surface area (Å²) in [6, 6.07) is -4.32. The fourth-order valence-electron chi connectivity index (χ4n) is 3.51. The second-order valence-corrected chi connectivity index (χ2v) is 10.2. The van der Waals surface area contributed by atoms with Gasteiger partial charge in [-0.3, -0.25) is 29.4 Å². The Bertz CT molecular complexity index is 951. The molecule has 18 nitrogen and oxygen atoms in total. The average molecular weight is 618 g/mol. The molecule has 0 bridgehead atoms. The molecule has 0 fully saturated rings. The van der Waals surface area contributed by atoms with Gasteiger partial charge in [0, 0.05) is 19.6 Å². The van der Waals surface area contributed by atoms with Crippen LogP contribution in [0.5, 0.6) is 0 Å². The number of nitrogens with one attached hydrogen (secondary N) is 3. The Kier molecular flexibility index (Phi) is 19.6. The minimum atomic E-state index is -1.25. The number of nitrogens with two attached hydrogens (primary N) is 7. The fourth-order valence-corrected chi connectivity index (χ4v) is 3.98. The number of rotatable bonds is 22. The number of thioether (sulfide) groups is 1. The Morgan fingerprint density at radius 2 is 1.02 bits per heavy atom. The molecule has 4 unspecified atom stereocenters. The van der Waals surface area contributed by atoms with Crippen LogP contribution in [0.1, 0.15) is 44.9 Å². The maximum atomic E-state index is 13.3. The van der Waals surface area contributed by atoms with Crippen molar-refractivity contribution < 1.29 is 24.3 Å². The molecule has 0 radical (unpaired) electrons. The van der Waals surface area contributed by atoms with Crippen molar-refractivity contribution in [2.24, 2.45) is 55.1 Å². The zero-order chi connectivity index (χ0) is 32.1. The Labute approximate surface area is 249 Å². The number of hydrogen-bond donors (Lipinski definition) is 11. The number of carboxylic acid groups (broad SMARTS) is 1. The third kappa shape index (κ3) is 18.4. The number of aliphatic imine (C=N–C) groups is 3. The average Bonchev–Trinajstić information content (AvgIpc) is 2.91. The number of carbonyl (C=O) groups is 4. The van der Waals surface area contributed by atoms with Crippen LogP contribution in [0.25, 0.3) is 0 Å². The highest BCUT2D eigenvalue weighted by Gasteiger charge is 2.30. The van der Waals surface area contributed by atoms with Crippen LogP contribution in [0, 0.1) is 0 Å². The molecule has 0 aliphatic carbocycles. The van der Waals surface area contributed by atoms with Gasteiger partial charge in [-0.1, -0.05) is 0 Å². The van der Waals surface area contributed by atoms with Crippen LogP contribution in [-0.4, -0.2) is 102 Å². The van der Waals surface area contributed by atoms with E-state index in [1.807, 2.05) is 6.26 Å². The summed E-state index contributed by atoms with van der Waals surface area (Å²) in [7, 11) is 0. The molecule has 0 aliphatic rings. The first kappa shape index (κ1) is 38.0. The molecule has 0 aliphatic heterocycles. The number of guanidine groups is 3. The van der Waals surface area contributed by atoms with E-state index in [0.717, 1.165) is 0 Å². The molecule has 240 valence electrons. The first-order chi connectivity index (χ1) is 19.8. The summed E-state index contributed by atoms with van der Waals surface area (Å²) in [6.07, 6.45) is 3.53. The van der Waals surface area contributed by atoms with Gasteiger partial charge in [-0.25, -0.2) is 4.79 Å². The maximum Gasteiger partial charge on any atom is 0.326 e. The number of hydrogen-bond acceptors (Lipinski definition) is 9. The van der Waals surface area contributed by atoms with Crippen molar-refractivity contribution in [1.82, 2.24) is 16.0 Å². The van der Waals surface area contributed by atoms with E-state index in [1.165, 1.54) is 11.8 Å². The first-order valence-electron chi connectivity index (χ1n) is 13.3. The summed E-state index contributed by atoms with van der Waals surface area (Å²) < 4.78 is 0. The lowest BCUT2D eigenvalue weighted by atomic mass is 10.1. The molecule has 19 heteroatoms. The van der Waals surface area contributed by atoms with E-state index < -0.39 is 47.9 Å². The van der Waals surface area contributed by atoms with Crippen LogP contribution in [0.2, 0.25) is 0 Å². The summed E-state index contributed by atoms with van der Waals surface area (Å²) in [4.78, 5) is 62.4. The Balaban J connectivity index is 5.56. The lowest BCUT2D eigenvalue weighted by Crippen LogP contribution is -2.57. The summed E-state index contributed by atoms with van der Waals surface area (Å²) >= 11 is 1.44. The molecule has 4 atom stereocenters. The quantitative estimate of drug-likeness (QED) is 0.0312. The molecular weight excluding hydrogens is 570 g/mol. The van der Waals surface area contributed by atoms with Crippen molar-refractivity contribution >= 4 is 53.3 Å². The highest BCUT2D eigenvalue weighted by Crippen LogP contribution is 2.07. The number of nitrogens with zero attached hydrogens (tertiary/aromatic N) is 3. The van der Waals surface area contributed by atoms with Gasteiger partial charge in [0.25, 0.3) is 0 Å². The fraction of sp³-hybridized carbons (Fsp3) is 0.696. The molecule has 0 saturated heterocycles. The van der Waals surface area contributed by atoms with Gasteiger partial charge in [-0.05, 0) is 57.0 Å². The van der Waals surface area contributed by atoms with Crippen molar-refractivity contribution in [3.63, 3.8) is 0 Å². The van der Waals surface area contributed by atoms with Gasteiger partial charge in [0.15, 0.2) is 17.9 Å². The maximum absolute atomic E-state index is 13.3. The summed E-state index contributed by atoms with van der Waals surface area (Å²) in [5.74, 6) is -3.01. The predicted molar refractivity (Wildman–Crippen MR) is 164 cm³/mol. The van der Waals surface area contributed by atoms with Gasteiger partial charge in [0.05, 0.1) is 6.04 Å². The molecule has 0 rings (SSSR count). The van der Waals surface area contributed by atoms with E-state index in [-0.39, 0.29) is 63.2 Å². The molecule has 0 aromatic heterocycles. The zero-order valence-electron chi connectivity index (χ0n) is 24.0. The standard InChI is InChI=1S/C23H47N13O5S/c1-42-12-8-15(19(39)36-16(20(40)41)7-4-11-33-23(29)30)35-18(38)14(6-3-10-32-22(27)28)34-17(37)13(24)5-2-9-31-21(25)26/h13-16H,2-12,24H2,1H3,(H,34,37)(H,35,38)(H,36,39)(H,40,41)(H4,25,26,31)(H4,27,28,32)(H4,29,30,33). The summed E-state index contributed by atoms with van der Waals surface area (Å²) in [5, 5.41) is 17.3. The van der Waals surface area contributed by atoms with Gasteiger partial charge in [-0.15, -0.1) is 0 Å². The Morgan fingerprint density at radius 3 is 1.45 bits per heavy atom. The highest BCUT2D eigenvalue weighted by atomic mass is 32.2. The second kappa shape index (κ2) is 21.7. The third-order valence-corrected chi connectivity index (χ3v) is 6.33. The molecular formula is C23H47N13O5S.